The maximum atomic E-state index is 10.8. The predicted octanol–water partition coefficient (Wildman–Crippen LogP) is 4.39. The fourth-order valence-corrected chi connectivity index (χ4v) is 3.94. The Labute approximate surface area is 187 Å². The van der Waals surface area contributed by atoms with Gasteiger partial charge in [-0.05, 0) is 62.2 Å². The third-order valence-corrected chi connectivity index (χ3v) is 6.39. The average molecular weight is 425 g/mol. The number of rotatable bonds is 4. The van der Waals surface area contributed by atoms with Gasteiger partial charge in [0.15, 0.2) is 0 Å². The molecule has 0 aliphatic carbocycles. The molecule has 0 spiro atoms. The first-order valence-corrected chi connectivity index (χ1v) is 10.3. The van der Waals surface area contributed by atoms with Crippen molar-refractivity contribution in [2.45, 2.75) is 38.7 Å². The monoisotopic (exact) mass is 424 g/mol. The van der Waals surface area contributed by atoms with Gasteiger partial charge in [0, 0.05) is 29.4 Å². The summed E-state index contributed by atoms with van der Waals surface area (Å²) in [5, 5.41) is 36.3. The van der Waals surface area contributed by atoms with E-state index in [4.69, 9.17) is 0 Å². The van der Waals surface area contributed by atoms with Crippen LogP contribution in [0.25, 0.3) is 11.3 Å². The van der Waals surface area contributed by atoms with Crippen molar-refractivity contribution in [3.05, 3.63) is 64.8 Å². The molecular formula is C25H24N6O. The molecular weight excluding hydrogens is 400 g/mol. The van der Waals surface area contributed by atoms with Crippen molar-refractivity contribution in [3.63, 3.8) is 0 Å². The Morgan fingerprint density at radius 2 is 1.94 bits per heavy atom. The molecule has 32 heavy (non-hydrogen) atoms. The highest BCUT2D eigenvalue weighted by Gasteiger charge is 2.46. The molecule has 1 atom stereocenters. The second-order valence-electron chi connectivity index (χ2n) is 8.83. The third-order valence-electron chi connectivity index (χ3n) is 6.39. The van der Waals surface area contributed by atoms with Crippen LogP contribution in [-0.4, -0.2) is 27.2 Å². The zero-order chi connectivity index (χ0) is 23.1. The van der Waals surface area contributed by atoms with Crippen LogP contribution < -0.4 is 10.6 Å². The maximum Gasteiger partial charge on any atom is 0.227 e. The summed E-state index contributed by atoms with van der Waals surface area (Å²) in [6.45, 7) is 8.04. The van der Waals surface area contributed by atoms with Gasteiger partial charge in [0.25, 0.3) is 0 Å². The number of hydrogen-bond donors (Lipinski definition) is 3. The number of aromatic nitrogens is 2. The Morgan fingerprint density at radius 3 is 2.62 bits per heavy atom. The Bertz CT molecular complexity index is 1300. The van der Waals surface area contributed by atoms with E-state index in [2.05, 4.69) is 32.7 Å². The largest absolute Gasteiger partial charge is 0.389 e. The quantitative estimate of drug-likeness (QED) is 0.568. The fourth-order valence-electron chi connectivity index (χ4n) is 3.94. The normalized spacial score (nSPS) is 17.1. The average Bonchev–Trinajstić information content (AvgIpc) is 3.13. The van der Waals surface area contributed by atoms with Crippen molar-refractivity contribution in [2.24, 2.45) is 0 Å². The summed E-state index contributed by atoms with van der Waals surface area (Å²) < 4.78 is 0. The van der Waals surface area contributed by atoms with Crippen LogP contribution in [-0.2, 0) is 5.41 Å². The highest BCUT2D eigenvalue weighted by molar-refractivity contribution is 5.77. The lowest BCUT2D eigenvalue weighted by atomic mass is 9.71. The lowest BCUT2D eigenvalue weighted by Crippen LogP contribution is -2.46. The molecule has 0 bridgehead atoms. The van der Waals surface area contributed by atoms with Crippen molar-refractivity contribution < 1.29 is 5.11 Å². The van der Waals surface area contributed by atoms with E-state index in [1.54, 1.807) is 44.3 Å². The van der Waals surface area contributed by atoms with Gasteiger partial charge in [0.2, 0.25) is 5.95 Å². The van der Waals surface area contributed by atoms with Gasteiger partial charge in [0.1, 0.15) is 6.07 Å². The minimum atomic E-state index is -0.988. The van der Waals surface area contributed by atoms with Crippen LogP contribution in [0.4, 0.5) is 17.3 Å². The molecule has 1 aliphatic heterocycles. The summed E-state index contributed by atoms with van der Waals surface area (Å²) in [7, 11) is 0. The summed E-state index contributed by atoms with van der Waals surface area (Å²) in [4.78, 5) is 8.97. The predicted molar refractivity (Wildman–Crippen MR) is 123 cm³/mol. The van der Waals surface area contributed by atoms with E-state index >= 15 is 0 Å². The first-order valence-electron chi connectivity index (χ1n) is 10.3. The fraction of sp³-hybridized carbons (Fsp3) is 0.280. The number of anilines is 3. The number of aliphatic hydroxyl groups is 1. The zero-order valence-electron chi connectivity index (χ0n) is 18.5. The van der Waals surface area contributed by atoms with Crippen molar-refractivity contribution in [2.75, 3.05) is 17.2 Å². The summed E-state index contributed by atoms with van der Waals surface area (Å²) >= 11 is 0. The third kappa shape index (κ3) is 3.53. The molecule has 7 nitrogen and oxygen atoms in total. The number of fused-ring (bicyclic) bond motifs is 1. The summed E-state index contributed by atoms with van der Waals surface area (Å²) in [5.41, 5.74) is 4.31. The molecule has 0 radical (unpaired) electrons. The van der Waals surface area contributed by atoms with Crippen LogP contribution in [0.1, 0.15) is 43.0 Å². The van der Waals surface area contributed by atoms with Gasteiger partial charge in [-0.2, -0.15) is 10.5 Å². The van der Waals surface area contributed by atoms with Gasteiger partial charge in [-0.1, -0.05) is 13.0 Å². The van der Waals surface area contributed by atoms with Crippen LogP contribution in [0.2, 0.25) is 0 Å². The topological polar surface area (TPSA) is 118 Å². The van der Waals surface area contributed by atoms with E-state index in [0.29, 0.717) is 29.3 Å². The van der Waals surface area contributed by atoms with E-state index < -0.39 is 11.0 Å². The highest BCUT2D eigenvalue weighted by Crippen LogP contribution is 2.46. The van der Waals surface area contributed by atoms with Gasteiger partial charge in [-0.15, -0.1) is 0 Å². The van der Waals surface area contributed by atoms with Gasteiger partial charge < -0.3 is 15.7 Å². The molecule has 4 rings (SSSR count). The van der Waals surface area contributed by atoms with Crippen molar-refractivity contribution in [3.8, 4) is 23.4 Å². The van der Waals surface area contributed by atoms with E-state index in [1.165, 1.54) is 0 Å². The minimum absolute atomic E-state index is 0.392. The van der Waals surface area contributed by atoms with Gasteiger partial charge in [0.05, 0.1) is 34.2 Å². The van der Waals surface area contributed by atoms with Crippen LogP contribution in [0.3, 0.4) is 0 Å². The summed E-state index contributed by atoms with van der Waals surface area (Å²) in [6.07, 6.45) is 1.65. The van der Waals surface area contributed by atoms with E-state index in [0.717, 1.165) is 28.1 Å². The lowest BCUT2D eigenvalue weighted by Gasteiger charge is -2.37. The second kappa shape index (κ2) is 7.64. The molecule has 0 saturated heterocycles. The molecule has 0 amide bonds. The summed E-state index contributed by atoms with van der Waals surface area (Å²) in [5.74, 6) is 0.392. The molecule has 1 aromatic heterocycles. The molecule has 7 heteroatoms. The number of aryl methyl sites for hydroxylation is 1. The lowest BCUT2D eigenvalue weighted by molar-refractivity contribution is 0.0102. The molecule has 1 unspecified atom stereocenters. The SMILES string of the molecule is Cc1ccc(C#N)cc1Nc1nccc(-c2cc(C#N)c3c(c2)C(C)(C(C)(C)O)CN3)n1. The molecule has 3 aromatic rings. The minimum Gasteiger partial charge on any atom is -0.389 e. The van der Waals surface area contributed by atoms with Crippen LogP contribution in [0.15, 0.2) is 42.6 Å². The molecule has 2 heterocycles. The molecule has 2 aromatic carbocycles. The van der Waals surface area contributed by atoms with Crippen LogP contribution in [0, 0.1) is 29.6 Å². The summed E-state index contributed by atoms with van der Waals surface area (Å²) in [6, 6.07) is 15.4. The molecule has 0 fully saturated rings. The smallest absolute Gasteiger partial charge is 0.227 e. The second-order valence-corrected chi connectivity index (χ2v) is 8.83. The van der Waals surface area contributed by atoms with Crippen LogP contribution in [0.5, 0.6) is 0 Å². The van der Waals surface area contributed by atoms with E-state index in [9.17, 15) is 15.6 Å². The Balaban J connectivity index is 1.77. The Kier molecular flexibility index (Phi) is 5.08. The van der Waals surface area contributed by atoms with Crippen LogP contribution >= 0.6 is 0 Å². The van der Waals surface area contributed by atoms with Gasteiger partial charge >= 0.3 is 0 Å². The Morgan fingerprint density at radius 1 is 1.16 bits per heavy atom. The first kappa shape index (κ1) is 21.3. The number of hydrogen-bond acceptors (Lipinski definition) is 7. The number of nitriles is 2. The van der Waals surface area contributed by atoms with Gasteiger partial charge in [-0.3, -0.25) is 0 Å². The number of nitrogens with one attached hydrogen (secondary N) is 2. The van der Waals surface area contributed by atoms with Crippen molar-refractivity contribution in [1.29, 1.82) is 10.5 Å². The standard InChI is InChI=1S/C25H24N6O/c1-15-5-6-16(12-26)9-21(15)31-23-28-8-7-20(30-23)17-10-18(13-27)22-19(11-17)25(4,14-29-22)24(2,3)32/h5-11,29,32H,14H2,1-4H3,(H,28,30,31). The molecule has 3 N–H and O–H groups in total. The Hall–Kier alpha value is -3.94. The first-order chi connectivity index (χ1) is 15.2. The highest BCUT2D eigenvalue weighted by atomic mass is 16.3. The number of benzene rings is 2. The maximum absolute atomic E-state index is 10.8. The molecule has 1 aliphatic rings. The van der Waals surface area contributed by atoms with E-state index in [1.807, 2.05) is 26.0 Å². The zero-order valence-corrected chi connectivity index (χ0v) is 18.5. The van der Waals surface area contributed by atoms with Crippen molar-refractivity contribution >= 4 is 17.3 Å². The van der Waals surface area contributed by atoms with Gasteiger partial charge in [-0.25, -0.2) is 9.97 Å². The molecule has 0 saturated carbocycles. The number of nitrogens with zero attached hydrogens (tertiary/aromatic N) is 4. The molecule has 160 valence electrons. The van der Waals surface area contributed by atoms with Crippen molar-refractivity contribution in [1.82, 2.24) is 9.97 Å². The van der Waals surface area contributed by atoms with E-state index in [-0.39, 0.29) is 0 Å².